The van der Waals surface area contributed by atoms with E-state index in [1.807, 2.05) is 0 Å². The van der Waals surface area contributed by atoms with Crippen LogP contribution < -0.4 is 0 Å². The zero-order chi connectivity index (χ0) is 9.07. The van der Waals surface area contributed by atoms with Gasteiger partial charge in [-0.25, -0.2) is 0 Å². The molecule has 12 heavy (non-hydrogen) atoms. The van der Waals surface area contributed by atoms with Crippen molar-refractivity contribution >= 4 is 0 Å². The van der Waals surface area contributed by atoms with E-state index < -0.39 is 0 Å². The first-order valence-corrected chi connectivity index (χ1v) is 5.08. The van der Waals surface area contributed by atoms with Gasteiger partial charge >= 0.3 is 11.3 Å². The van der Waals surface area contributed by atoms with Gasteiger partial charge in [0, 0.05) is 0 Å². The van der Waals surface area contributed by atoms with Crippen molar-refractivity contribution in [1.29, 1.82) is 0 Å². The molecule has 2 radical (unpaired) electrons. The Morgan fingerprint density at radius 3 is 1.83 bits per heavy atom. The molecule has 0 fully saturated rings. The fraction of sp³-hybridized carbons (Fsp3) is 0.818. The predicted octanol–water partition coefficient (Wildman–Crippen LogP) is 4.13. The highest BCUT2D eigenvalue weighted by molar-refractivity contribution is 4.75. The van der Waals surface area contributed by atoms with Gasteiger partial charge in [0.15, 0.2) is 0 Å². The third-order valence-electron chi connectivity index (χ3n) is 2.04. The number of rotatable bonds is 8. The summed E-state index contributed by atoms with van der Waals surface area (Å²) in [6.07, 6.45) is 10.7. The summed E-state index contributed by atoms with van der Waals surface area (Å²) < 4.78 is 0. The standard InChI is InChI=1S/C11H20N/c1-2-3-4-5-6-7-8-9-10-11-12/h1-10H2/q+1. The van der Waals surface area contributed by atoms with Crippen LogP contribution >= 0.6 is 0 Å². The van der Waals surface area contributed by atoms with Gasteiger partial charge in [-0.1, -0.05) is 51.9 Å². The van der Waals surface area contributed by atoms with Gasteiger partial charge in [0.2, 0.25) is 0 Å². The van der Waals surface area contributed by atoms with E-state index in [9.17, 15) is 0 Å². The number of nitriles is 1. The molecule has 0 aromatic carbocycles. The minimum Gasteiger partial charge on any atom is -0.0533 e. The van der Waals surface area contributed by atoms with Crippen molar-refractivity contribution in [3.63, 3.8) is 0 Å². The Morgan fingerprint density at radius 2 is 1.33 bits per heavy atom. The number of hydrogen-bond acceptors (Lipinski definition) is 1. The van der Waals surface area contributed by atoms with Gasteiger partial charge < -0.3 is 0 Å². The summed E-state index contributed by atoms with van der Waals surface area (Å²) in [6.45, 7) is 3.81. The average Bonchev–Trinajstić information content (AvgIpc) is 2.10. The zero-order valence-corrected chi connectivity index (χ0v) is 8.02. The lowest BCUT2D eigenvalue weighted by atomic mass is 10.1. The second-order valence-electron chi connectivity index (χ2n) is 3.24. The van der Waals surface area contributed by atoms with Crippen LogP contribution in [0.15, 0.2) is 0 Å². The van der Waals surface area contributed by atoms with E-state index >= 15 is 0 Å². The second kappa shape index (κ2) is 10.5. The van der Waals surface area contributed by atoms with Crippen LogP contribution in [0, 0.1) is 13.0 Å². The molecule has 0 spiro atoms. The normalized spacial score (nSPS) is 9.67. The molecule has 0 aliphatic rings. The Balaban J connectivity index is 2.78. The van der Waals surface area contributed by atoms with Crippen molar-refractivity contribution in [3.05, 3.63) is 12.2 Å². The Morgan fingerprint density at radius 1 is 0.833 bits per heavy atom. The van der Waals surface area contributed by atoms with Gasteiger partial charge in [-0.2, -0.15) is 0 Å². The van der Waals surface area contributed by atoms with Gasteiger partial charge in [0.25, 0.3) is 0 Å². The van der Waals surface area contributed by atoms with Gasteiger partial charge in [0.1, 0.15) is 0 Å². The smallest absolute Gasteiger partial charge is 0.0533 e. The second-order valence-corrected chi connectivity index (χ2v) is 3.24. The van der Waals surface area contributed by atoms with Crippen LogP contribution in [0.25, 0.3) is 5.26 Å². The molecule has 0 aromatic rings. The number of hydrogen-bond donors (Lipinski definition) is 0. The van der Waals surface area contributed by atoms with E-state index in [1.165, 1.54) is 38.5 Å². The lowest BCUT2D eigenvalue weighted by Gasteiger charge is -1.98. The van der Waals surface area contributed by atoms with Gasteiger partial charge in [0.05, 0.1) is 6.42 Å². The lowest BCUT2D eigenvalue weighted by Crippen LogP contribution is -1.79. The third-order valence-corrected chi connectivity index (χ3v) is 2.04. The van der Waals surface area contributed by atoms with Crippen molar-refractivity contribution in [3.8, 4) is 6.07 Å². The van der Waals surface area contributed by atoms with Crippen LogP contribution in [0.5, 0.6) is 0 Å². The summed E-state index contributed by atoms with van der Waals surface area (Å²) in [5, 5.41) is 8.28. The summed E-state index contributed by atoms with van der Waals surface area (Å²) in [5.74, 6) is 0. The summed E-state index contributed by atoms with van der Waals surface area (Å²) in [6, 6.07) is 2.17. The Hall–Kier alpha value is -0.510. The fourth-order valence-electron chi connectivity index (χ4n) is 1.26. The highest BCUT2D eigenvalue weighted by atomic mass is 14.2. The van der Waals surface area contributed by atoms with Crippen molar-refractivity contribution < 1.29 is 0 Å². The van der Waals surface area contributed by atoms with Crippen LogP contribution in [-0.2, 0) is 0 Å². The SMILES string of the molecule is [CH2]CCCCCCCCCC#[N+]. The maximum atomic E-state index is 8.28. The van der Waals surface area contributed by atoms with E-state index in [4.69, 9.17) is 5.26 Å². The topological polar surface area (TPSA) is 22.3 Å². The molecule has 0 saturated heterocycles. The molecule has 0 bridgehead atoms. The summed E-state index contributed by atoms with van der Waals surface area (Å²) in [5.41, 5.74) is 0. The van der Waals surface area contributed by atoms with Crippen LogP contribution in [0.4, 0.5) is 0 Å². The first kappa shape index (κ1) is 11.5. The van der Waals surface area contributed by atoms with E-state index in [0.29, 0.717) is 0 Å². The largest absolute Gasteiger partial charge is 0.403 e. The molecule has 0 heterocycles. The van der Waals surface area contributed by atoms with Crippen LogP contribution in [0.1, 0.15) is 57.8 Å². The van der Waals surface area contributed by atoms with Gasteiger partial charge in [-0.3, -0.25) is 0 Å². The lowest BCUT2D eigenvalue weighted by molar-refractivity contribution is 0.585. The quantitative estimate of drug-likeness (QED) is 0.497. The van der Waals surface area contributed by atoms with Crippen molar-refractivity contribution in [2.24, 2.45) is 0 Å². The van der Waals surface area contributed by atoms with E-state index in [-0.39, 0.29) is 0 Å². The maximum Gasteiger partial charge on any atom is 0.403 e. The molecule has 0 atom stereocenters. The van der Waals surface area contributed by atoms with Crippen molar-refractivity contribution in [1.82, 2.24) is 0 Å². The fourth-order valence-corrected chi connectivity index (χ4v) is 1.26. The summed E-state index contributed by atoms with van der Waals surface area (Å²) in [7, 11) is 0. The first-order valence-electron chi connectivity index (χ1n) is 5.08. The van der Waals surface area contributed by atoms with E-state index in [2.05, 4.69) is 13.0 Å². The molecule has 0 aliphatic carbocycles. The Bertz CT molecular complexity index is 113. The van der Waals surface area contributed by atoms with Gasteiger partial charge in [-0.15, -0.1) is 0 Å². The highest BCUT2D eigenvalue weighted by Crippen LogP contribution is 2.08. The molecule has 0 amide bonds. The molecule has 1 heteroatoms. The molecule has 68 valence electrons. The first-order chi connectivity index (χ1) is 5.91. The monoisotopic (exact) mass is 166 g/mol. The molecular formula is C11H20N+. The van der Waals surface area contributed by atoms with Crippen LogP contribution in [0.3, 0.4) is 0 Å². The predicted molar refractivity (Wildman–Crippen MR) is 54.2 cm³/mol. The molecule has 0 aromatic heterocycles. The molecule has 0 N–H and O–H groups in total. The number of nitrogens with zero attached hydrogens (tertiary/aromatic N) is 1. The van der Waals surface area contributed by atoms with E-state index in [1.54, 1.807) is 0 Å². The maximum absolute atomic E-state index is 8.28. The van der Waals surface area contributed by atoms with E-state index in [0.717, 1.165) is 19.3 Å². The van der Waals surface area contributed by atoms with Crippen LogP contribution in [0.2, 0.25) is 0 Å². The minimum atomic E-state index is 0.735. The zero-order valence-electron chi connectivity index (χ0n) is 8.02. The molecule has 0 rings (SSSR count). The minimum absolute atomic E-state index is 0.735. The molecule has 0 unspecified atom stereocenters. The molecule has 0 saturated carbocycles. The summed E-state index contributed by atoms with van der Waals surface area (Å²) >= 11 is 0. The highest BCUT2D eigenvalue weighted by Gasteiger charge is 1.92. The Kier molecular flexibility index (Phi) is 10.0. The number of unbranched alkanes of at least 4 members (excludes halogenated alkanes) is 8. The molecule has 1 nitrogen and oxygen atoms in total. The molecule has 0 aliphatic heterocycles. The third kappa shape index (κ3) is 9.49. The Labute approximate surface area is 76.8 Å². The van der Waals surface area contributed by atoms with Gasteiger partial charge in [-0.05, 0) is 6.42 Å². The molecular weight excluding hydrogens is 146 g/mol. The summed E-state index contributed by atoms with van der Waals surface area (Å²) in [4.78, 5) is 0. The van der Waals surface area contributed by atoms with Crippen molar-refractivity contribution in [2.45, 2.75) is 57.8 Å². The van der Waals surface area contributed by atoms with Crippen molar-refractivity contribution in [2.75, 3.05) is 0 Å². The average molecular weight is 166 g/mol. The van der Waals surface area contributed by atoms with Crippen LogP contribution in [-0.4, -0.2) is 0 Å².